The number of nitrogens with two attached hydrogens (primary N) is 1. The van der Waals surface area contributed by atoms with Crippen LogP contribution < -0.4 is 10.5 Å². The molecule has 2 atom stereocenters. The molecule has 18 heavy (non-hydrogen) atoms. The maximum absolute atomic E-state index is 6.35. The number of benzene rings is 1. The fourth-order valence-corrected chi connectivity index (χ4v) is 4.12. The molecule has 0 amide bonds. The molecule has 1 fully saturated rings. The average Bonchev–Trinajstić information content (AvgIpc) is 2.91. The van der Waals surface area contributed by atoms with Crippen LogP contribution in [0.4, 0.5) is 0 Å². The van der Waals surface area contributed by atoms with Crippen LogP contribution in [-0.2, 0) is 0 Å². The Morgan fingerprint density at radius 1 is 1.28 bits per heavy atom. The first-order valence-corrected chi connectivity index (χ1v) is 7.95. The molecule has 1 aliphatic heterocycles. The molecule has 1 saturated carbocycles. The summed E-state index contributed by atoms with van der Waals surface area (Å²) in [4.78, 5) is 1.25. The maximum Gasteiger partial charge on any atom is 0.133 e. The van der Waals surface area contributed by atoms with Crippen molar-refractivity contribution in [1.29, 1.82) is 0 Å². The zero-order valence-corrected chi connectivity index (χ0v) is 11.5. The zero-order valence-electron chi connectivity index (χ0n) is 10.7. The largest absolute Gasteiger partial charge is 0.487 e. The lowest BCUT2D eigenvalue weighted by molar-refractivity contribution is 0.170. The smallest absolute Gasteiger partial charge is 0.133 e. The Labute approximate surface area is 113 Å². The summed E-state index contributed by atoms with van der Waals surface area (Å²) in [6.07, 6.45) is 6.83. The summed E-state index contributed by atoms with van der Waals surface area (Å²) < 4.78 is 6.06. The van der Waals surface area contributed by atoms with Gasteiger partial charge in [-0.25, -0.2) is 0 Å². The van der Waals surface area contributed by atoms with E-state index in [4.69, 9.17) is 10.5 Å². The van der Waals surface area contributed by atoms with Crippen LogP contribution in [0.5, 0.6) is 5.75 Å². The van der Waals surface area contributed by atoms with Crippen LogP contribution in [0.3, 0.4) is 0 Å². The number of fused-ring (bicyclic) bond motifs is 1. The van der Waals surface area contributed by atoms with Crippen molar-refractivity contribution in [2.75, 3.05) is 5.75 Å². The molecule has 1 aromatic rings. The zero-order chi connectivity index (χ0) is 12.4. The van der Waals surface area contributed by atoms with E-state index in [0.717, 1.165) is 23.8 Å². The van der Waals surface area contributed by atoms with Crippen molar-refractivity contribution < 1.29 is 4.74 Å². The van der Waals surface area contributed by atoms with Crippen LogP contribution in [-0.4, -0.2) is 17.9 Å². The summed E-state index contributed by atoms with van der Waals surface area (Å²) >= 11 is 1.88. The third-order valence-corrected chi connectivity index (χ3v) is 5.23. The lowest BCUT2D eigenvalue weighted by Crippen LogP contribution is -2.43. The minimum Gasteiger partial charge on any atom is -0.487 e. The molecule has 0 spiro atoms. The summed E-state index contributed by atoms with van der Waals surface area (Å²) in [6.45, 7) is 0. The summed E-state index contributed by atoms with van der Waals surface area (Å²) in [5, 5.41) is 0. The highest BCUT2D eigenvalue weighted by Crippen LogP contribution is 2.37. The second-order valence-electron chi connectivity index (χ2n) is 5.46. The molecule has 1 aromatic carbocycles. The van der Waals surface area contributed by atoms with Crippen LogP contribution in [0.1, 0.15) is 32.1 Å². The minimum absolute atomic E-state index is 0.186. The maximum atomic E-state index is 6.35. The van der Waals surface area contributed by atoms with E-state index in [9.17, 15) is 0 Å². The standard InChI is InChI=1S/C15H21NOS/c16-12(9-11-5-1-2-6-11)14-10-18-15-8-4-3-7-13(15)17-14/h3-4,7-8,11-12,14H,1-2,5-6,9-10,16H2. The Kier molecular flexibility index (Phi) is 3.80. The van der Waals surface area contributed by atoms with Gasteiger partial charge in [-0.2, -0.15) is 0 Å². The van der Waals surface area contributed by atoms with Gasteiger partial charge in [-0.1, -0.05) is 37.8 Å². The molecule has 2 unspecified atom stereocenters. The molecule has 3 heteroatoms. The number of ether oxygens (including phenoxy) is 1. The predicted molar refractivity (Wildman–Crippen MR) is 76.1 cm³/mol. The normalized spacial score (nSPS) is 25.5. The van der Waals surface area contributed by atoms with Gasteiger partial charge in [0.05, 0.1) is 0 Å². The fraction of sp³-hybridized carbons (Fsp3) is 0.600. The molecule has 2 nitrogen and oxygen atoms in total. The second kappa shape index (κ2) is 5.54. The van der Waals surface area contributed by atoms with Gasteiger partial charge < -0.3 is 10.5 Å². The number of rotatable bonds is 3. The summed E-state index contributed by atoms with van der Waals surface area (Å²) in [5.74, 6) is 2.84. The lowest BCUT2D eigenvalue weighted by atomic mass is 9.96. The van der Waals surface area contributed by atoms with Crippen LogP contribution >= 0.6 is 11.8 Å². The number of hydrogen-bond acceptors (Lipinski definition) is 3. The Hall–Kier alpha value is -0.670. The lowest BCUT2D eigenvalue weighted by Gasteiger charge is -2.31. The molecule has 0 saturated heterocycles. The van der Waals surface area contributed by atoms with Crippen molar-refractivity contribution in [1.82, 2.24) is 0 Å². The van der Waals surface area contributed by atoms with Crippen LogP contribution in [0.15, 0.2) is 29.2 Å². The fourth-order valence-electron chi connectivity index (χ4n) is 3.03. The van der Waals surface area contributed by atoms with E-state index in [-0.39, 0.29) is 12.1 Å². The minimum atomic E-state index is 0.186. The average molecular weight is 263 g/mol. The van der Waals surface area contributed by atoms with Gasteiger partial charge in [0.15, 0.2) is 0 Å². The van der Waals surface area contributed by atoms with E-state index in [2.05, 4.69) is 18.2 Å². The van der Waals surface area contributed by atoms with Gasteiger partial charge in [0.1, 0.15) is 11.9 Å². The quantitative estimate of drug-likeness (QED) is 0.907. The highest BCUT2D eigenvalue weighted by molar-refractivity contribution is 7.99. The van der Waals surface area contributed by atoms with Crippen molar-refractivity contribution in [2.45, 2.75) is 49.1 Å². The molecule has 2 N–H and O–H groups in total. The van der Waals surface area contributed by atoms with E-state index in [1.165, 1.54) is 30.6 Å². The van der Waals surface area contributed by atoms with Crippen LogP contribution in [0, 0.1) is 5.92 Å². The SMILES string of the molecule is NC(CC1CCCC1)C1CSc2ccccc2O1. The van der Waals surface area contributed by atoms with E-state index >= 15 is 0 Å². The van der Waals surface area contributed by atoms with Crippen molar-refractivity contribution >= 4 is 11.8 Å². The molecule has 98 valence electrons. The van der Waals surface area contributed by atoms with Gasteiger partial charge in [-0.3, -0.25) is 0 Å². The summed E-state index contributed by atoms with van der Waals surface area (Å²) in [6, 6.07) is 8.46. The van der Waals surface area contributed by atoms with Gasteiger partial charge in [0, 0.05) is 16.7 Å². The summed E-state index contributed by atoms with van der Waals surface area (Å²) in [7, 11) is 0. The third-order valence-electron chi connectivity index (χ3n) is 4.09. The molecule has 0 radical (unpaired) electrons. The Balaban J connectivity index is 1.60. The monoisotopic (exact) mass is 263 g/mol. The van der Waals surface area contributed by atoms with Gasteiger partial charge in [-0.15, -0.1) is 11.8 Å². The predicted octanol–water partition coefficient (Wildman–Crippen LogP) is 3.45. The number of thioether (sulfide) groups is 1. The van der Waals surface area contributed by atoms with E-state index in [1.54, 1.807) is 0 Å². The van der Waals surface area contributed by atoms with Gasteiger partial charge in [-0.05, 0) is 24.5 Å². The molecule has 2 aliphatic rings. The number of para-hydroxylation sites is 1. The summed E-state index contributed by atoms with van der Waals surface area (Å²) in [5.41, 5.74) is 6.35. The van der Waals surface area contributed by atoms with Gasteiger partial charge in [0.25, 0.3) is 0 Å². The highest BCUT2D eigenvalue weighted by atomic mass is 32.2. The first kappa shape index (κ1) is 12.4. The topological polar surface area (TPSA) is 35.2 Å². The molecule has 1 aliphatic carbocycles. The van der Waals surface area contributed by atoms with Crippen molar-refractivity contribution in [3.8, 4) is 5.75 Å². The van der Waals surface area contributed by atoms with Crippen LogP contribution in [0.25, 0.3) is 0 Å². The second-order valence-corrected chi connectivity index (χ2v) is 6.53. The van der Waals surface area contributed by atoms with E-state index in [1.807, 2.05) is 17.8 Å². The van der Waals surface area contributed by atoms with Crippen molar-refractivity contribution in [3.63, 3.8) is 0 Å². The molecule has 1 heterocycles. The molecular formula is C15H21NOS. The molecule has 3 rings (SSSR count). The van der Waals surface area contributed by atoms with E-state index < -0.39 is 0 Å². The highest BCUT2D eigenvalue weighted by Gasteiger charge is 2.28. The number of hydrogen-bond donors (Lipinski definition) is 1. The Morgan fingerprint density at radius 3 is 2.89 bits per heavy atom. The first-order chi connectivity index (χ1) is 8.83. The Bertz CT molecular complexity index is 403. The van der Waals surface area contributed by atoms with Gasteiger partial charge in [0.2, 0.25) is 0 Å². The van der Waals surface area contributed by atoms with E-state index in [0.29, 0.717) is 0 Å². The Morgan fingerprint density at radius 2 is 2.06 bits per heavy atom. The third kappa shape index (κ3) is 2.67. The molecule has 0 aromatic heterocycles. The van der Waals surface area contributed by atoms with Gasteiger partial charge >= 0.3 is 0 Å². The van der Waals surface area contributed by atoms with Crippen LogP contribution in [0.2, 0.25) is 0 Å². The van der Waals surface area contributed by atoms with Crippen molar-refractivity contribution in [2.24, 2.45) is 11.7 Å². The molecular weight excluding hydrogens is 242 g/mol. The van der Waals surface area contributed by atoms with Crippen molar-refractivity contribution in [3.05, 3.63) is 24.3 Å². The molecule has 0 bridgehead atoms. The first-order valence-electron chi connectivity index (χ1n) is 6.97.